The summed E-state index contributed by atoms with van der Waals surface area (Å²) in [6.45, 7) is 0. The van der Waals surface area contributed by atoms with Crippen LogP contribution in [0.2, 0.25) is 0 Å². The minimum atomic E-state index is 0.167. The molecule has 0 amide bonds. The van der Waals surface area contributed by atoms with E-state index in [9.17, 15) is 0 Å². The van der Waals surface area contributed by atoms with Gasteiger partial charge in [-0.25, -0.2) is 5.43 Å². The molecule has 1 aliphatic rings. The van der Waals surface area contributed by atoms with Crippen LogP contribution in [0.25, 0.3) is 0 Å². The number of nitrogens with two attached hydrogens (primary N) is 1. The summed E-state index contributed by atoms with van der Waals surface area (Å²) in [4.78, 5) is 1.26. The van der Waals surface area contributed by atoms with Crippen LogP contribution in [-0.2, 0) is 0 Å². The zero-order valence-electron chi connectivity index (χ0n) is 9.51. The smallest absolute Gasteiger partial charge is 0.0843 e. The molecular weight excluding hydrogens is 364 g/mol. The van der Waals surface area contributed by atoms with Crippen molar-refractivity contribution >= 4 is 43.2 Å². The normalized spacial score (nSPS) is 18.6. The summed E-state index contributed by atoms with van der Waals surface area (Å²) in [5, 5.41) is 0. The SMILES string of the molecule is NNC(C1=CCCCCC1)c1cc(Br)c(Br)s1. The van der Waals surface area contributed by atoms with E-state index in [4.69, 9.17) is 5.84 Å². The van der Waals surface area contributed by atoms with Crippen LogP contribution in [0.4, 0.5) is 0 Å². The Kier molecular flexibility index (Phi) is 5.24. The van der Waals surface area contributed by atoms with E-state index in [0.29, 0.717) is 0 Å². The van der Waals surface area contributed by atoms with Crippen molar-refractivity contribution in [3.63, 3.8) is 0 Å². The second kappa shape index (κ2) is 6.48. The molecule has 94 valence electrons. The predicted molar refractivity (Wildman–Crippen MR) is 81.0 cm³/mol. The maximum Gasteiger partial charge on any atom is 0.0843 e. The van der Waals surface area contributed by atoms with Gasteiger partial charge in [0.05, 0.1) is 9.83 Å². The standard InChI is InChI=1S/C12H16Br2N2S/c13-9-7-10(17-12(9)14)11(16-15)8-5-3-1-2-4-6-8/h5,7,11,16H,1-4,6,15H2. The van der Waals surface area contributed by atoms with E-state index in [2.05, 4.69) is 49.4 Å². The van der Waals surface area contributed by atoms with Gasteiger partial charge in [0.25, 0.3) is 0 Å². The molecule has 1 unspecified atom stereocenters. The molecule has 2 rings (SSSR count). The van der Waals surface area contributed by atoms with Crippen molar-refractivity contribution in [1.82, 2.24) is 5.43 Å². The van der Waals surface area contributed by atoms with Crippen LogP contribution >= 0.6 is 43.2 Å². The quantitative estimate of drug-likeness (QED) is 0.455. The molecule has 1 aromatic rings. The lowest BCUT2D eigenvalue weighted by Gasteiger charge is -2.17. The molecule has 0 aliphatic heterocycles. The van der Waals surface area contributed by atoms with Crippen molar-refractivity contribution < 1.29 is 0 Å². The molecule has 17 heavy (non-hydrogen) atoms. The third kappa shape index (κ3) is 3.41. The zero-order valence-corrected chi connectivity index (χ0v) is 13.5. The minimum Gasteiger partial charge on any atom is -0.271 e. The molecule has 1 aromatic heterocycles. The summed E-state index contributed by atoms with van der Waals surface area (Å²) < 4.78 is 2.23. The summed E-state index contributed by atoms with van der Waals surface area (Å²) in [6, 6.07) is 2.31. The first kappa shape index (κ1) is 13.7. The van der Waals surface area contributed by atoms with E-state index in [-0.39, 0.29) is 6.04 Å². The van der Waals surface area contributed by atoms with Crippen LogP contribution < -0.4 is 11.3 Å². The maximum atomic E-state index is 5.73. The number of halogens is 2. The Morgan fingerprint density at radius 3 is 2.76 bits per heavy atom. The van der Waals surface area contributed by atoms with Crippen molar-refractivity contribution in [2.45, 2.75) is 38.1 Å². The van der Waals surface area contributed by atoms with Crippen molar-refractivity contribution in [2.75, 3.05) is 0 Å². The molecule has 5 heteroatoms. The van der Waals surface area contributed by atoms with E-state index in [1.54, 1.807) is 11.3 Å². The van der Waals surface area contributed by atoms with Gasteiger partial charge in [-0.3, -0.25) is 5.84 Å². The molecule has 1 heterocycles. The average molecular weight is 380 g/mol. The van der Waals surface area contributed by atoms with E-state index in [1.165, 1.54) is 36.1 Å². The highest BCUT2D eigenvalue weighted by Crippen LogP contribution is 2.39. The van der Waals surface area contributed by atoms with Gasteiger partial charge in [-0.05, 0) is 63.6 Å². The highest BCUT2D eigenvalue weighted by Gasteiger charge is 2.19. The summed E-state index contributed by atoms with van der Waals surface area (Å²) in [5.41, 5.74) is 4.39. The lowest BCUT2D eigenvalue weighted by Crippen LogP contribution is -2.28. The van der Waals surface area contributed by atoms with E-state index >= 15 is 0 Å². The Hall–Kier alpha value is 0.320. The fourth-order valence-electron chi connectivity index (χ4n) is 2.18. The van der Waals surface area contributed by atoms with Gasteiger partial charge in [-0.15, -0.1) is 11.3 Å². The molecule has 3 N–H and O–H groups in total. The minimum absolute atomic E-state index is 0.167. The first-order valence-electron chi connectivity index (χ1n) is 5.82. The Morgan fingerprint density at radius 1 is 1.29 bits per heavy atom. The highest BCUT2D eigenvalue weighted by atomic mass is 79.9. The van der Waals surface area contributed by atoms with Crippen LogP contribution in [0.5, 0.6) is 0 Å². The Morgan fingerprint density at radius 2 is 2.12 bits per heavy atom. The van der Waals surface area contributed by atoms with Gasteiger partial charge in [0.15, 0.2) is 0 Å². The van der Waals surface area contributed by atoms with Gasteiger partial charge in [0.2, 0.25) is 0 Å². The van der Waals surface area contributed by atoms with E-state index in [0.717, 1.165) is 14.7 Å². The lowest BCUT2D eigenvalue weighted by molar-refractivity contribution is 0.600. The molecule has 0 saturated heterocycles. The summed E-state index contributed by atoms with van der Waals surface area (Å²) >= 11 is 8.80. The number of allylic oxidation sites excluding steroid dienone is 1. The summed E-state index contributed by atoms with van der Waals surface area (Å²) in [6.07, 6.45) is 8.60. The molecule has 0 spiro atoms. The fourth-order valence-corrected chi connectivity index (χ4v) is 4.37. The number of rotatable bonds is 3. The molecule has 0 fully saturated rings. The molecular formula is C12H16Br2N2S. The van der Waals surface area contributed by atoms with Gasteiger partial charge in [-0.1, -0.05) is 18.1 Å². The van der Waals surface area contributed by atoms with Crippen molar-refractivity contribution in [2.24, 2.45) is 5.84 Å². The van der Waals surface area contributed by atoms with Gasteiger partial charge in [-0.2, -0.15) is 0 Å². The first-order chi connectivity index (χ1) is 8.22. The van der Waals surface area contributed by atoms with E-state index in [1.807, 2.05) is 0 Å². The van der Waals surface area contributed by atoms with Crippen LogP contribution in [-0.4, -0.2) is 0 Å². The van der Waals surface area contributed by atoms with Crippen LogP contribution in [0.3, 0.4) is 0 Å². The van der Waals surface area contributed by atoms with Crippen molar-refractivity contribution in [3.05, 3.63) is 30.9 Å². The third-order valence-corrected chi connectivity index (χ3v) is 6.38. The molecule has 1 aliphatic carbocycles. The number of thiophene rings is 1. The number of hydrogen-bond donors (Lipinski definition) is 2. The largest absolute Gasteiger partial charge is 0.271 e. The van der Waals surface area contributed by atoms with Gasteiger partial charge in [0, 0.05) is 9.35 Å². The highest BCUT2D eigenvalue weighted by molar-refractivity contribution is 9.13. The van der Waals surface area contributed by atoms with Gasteiger partial charge >= 0.3 is 0 Å². The summed E-state index contributed by atoms with van der Waals surface area (Å²) in [7, 11) is 0. The second-order valence-corrected chi connectivity index (χ2v) is 7.50. The molecule has 0 saturated carbocycles. The van der Waals surface area contributed by atoms with Crippen molar-refractivity contribution in [3.8, 4) is 0 Å². The zero-order chi connectivity index (χ0) is 12.3. The molecule has 0 bridgehead atoms. The summed E-state index contributed by atoms with van der Waals surface area (Å²) in [5.74, 6) is 5.73. The molecule has 1 atom stereocenters. The van der Waals surface area contributed by atoms with Crippen LogP contribution in [0.15, 0.2) is 26.0 Å². The number of hydrogen-bond acceptors (Lipinski definition) is 3. The molecule has 0 aromatic carbocycles. The Balaban J connectivity index is 2.23. The maximum absolute atomic E-state index is 5.73. The topological polar surface area (TPSA) is 38.0 Å². The first-order valence-corrected chi connectivity index (χ1v) is 8.22. The number of hydrazine groups is 1. The Labute approximate surface area is 123 Å². The Bertz CT molecular complexity index is 395. The fraction of sp³-hybridized carbons (Fsp3) is 0.500. The molecule has 2 nitrogen and oxygen atoms in total. The predicted octanol–water partition coefficient (Wildman–Crippen LogP) is 4.67. The monoisotopic (exact) mass is 378 g/mol. The van der Waals surface area contributed by atoms with Gasteiger partial charge < -0.3 is 0 Å². The van der Waals surface area contributed by atoms with Crippen LogP contribution in [0, 0.1) is 0 Å². The third-order valence-electron chi connectivity index (χ3n) is 3.06. The lowest BCUT2D eigenvalue weighted by atomic mass is 10.0. The van der Waals surface area contributed by atoms with Crippen LogP contribution in [0.1, 0.15) is 43.0 Å². The second-order valence-electron chi connectivity index (χ2n) is 4.25. The average Bonchev–Trinajstić information content (AvgIpc) is 2.56. The van der Waals surface area contributed by atoms with E-state index < -0.39 is 0 Å². The molecule has 0 radical (unpaired) electrons. The van der Waals surface area contributed by atoms with Crippen molar-refractivity contribution in [1.29, 1.82) is 0 Å². The number of nitrogens with one attached hydrogen (secondary N) is 1. The van der Waals surface area contributed by atoms with Gasteiger partial charge in [0.1, 0.15) is 0 Å².